The number of anilines is 2. The molecular formula is C23H23F3N6O3. The molecule has 12 heteroatoms. The second kappa shape index (κ2) is 8.67. The van der Waals surface area contributed by atoms with Gasteiger partial charge in [-0.3, -0.25) is 4.79 Å². The van der Waals surface area contributed by atoms with Gasteiger partial charge in [0.1, 0.15) is 28.2 Å². The van der Waals surface area contributed by atoms with Crippen LogP contribution in [0.5, 0.6) is 5.75 Å². The molecule has 0 spiro atoms. The lowest BCUT2D eigenvalue weighted by molar-refractivity contribution is -0.136. The van der Waals surface area contributed by atoms with Crippen LogP contribution in [-0.2, 0) is 17.5 Å². The highest BCUT2D eigenvalue weighted by Gasteiger charge is 2.36. The molecular weight excluding hydrogens is 465 g/mol. The number of hydrogen-bond acceptors (Lipinski definition) is 7. The summed E-state index contributed by atoms with van der Waals surface area (Å²) in [5.74, 6) is 1.81. The largest absolute Gasteiger partial charge is 0.491 e. The molecule has 0 unspecified atom stereocenters. The van der Waals surface area contributed by atoms with E-state index in [9.17, 15) is 13.2 Å². The van der Waals surface area contributed by atoms with Crippen LogP contribution in [-0.4, -0.2) is 34.1 Å². The van der Waals surface area contributed by atoms with Gasteiger partial charge in [0, 0.05) is 30.4 Å². The van der Waals surface area contributed by atoms with Crippen LogP contribution in [0.3, 0.4) is 0 Å². The lowest BCUT2D eigenvalue weighted by atomic mass is 10.1. The number of nitrogens with two attached hydrogens (primary N) is 2. The molecule has 4 aromatic rings. The fourth-order valence-electron chi connectivity index (χ4n) is 4.26. The van der Waals surface area contributed by atoms with Crippen LogP contribution in [0, 0.1) is 5.92 Å². The first-order valence-corrected chi connectivity index (χ1v) is 11.1. The van der Waals surface area contributed by atoms with E-state index < -0.39 is 11.7 Å². The number of nitrogen functional groups attached to an aromatic ring is 1. The zero-order valence-corrected chi connectivity index (χ0v) is 18.6. The van der Waals surface area contributed by atoms with Crippen molar-refractivity contribution in [3.63, 3.8) is 0 Å². The van der Waals surface area contributed by atoms with Crippen LogP contribution in [0.1, 0.15) is 24.8 Å². The summed E-state index contributed by atoms with van der Waals surface area (Å²) < 4.78 is 54.2. The Hall–Kier alpha value is -3.96. The molecule has 3 heterocycles. The molecule has 2 aromatic heterocycles. The number of primary amides is 1. The number of benzene rings is 2. The molecule has 0 radical (unpaired) electrons. The predicted octanol–water partition coefficient (Wildman–Crippen LogP) is 4.15. The van der Waals surface area contributed by atoms with Gasteiger partial charge in [-0.15, -0.1) is 0 Å². The van der Waals surface area contributed by atoms with Crippen LogP contribution >= 0.6 is 0 Å². The normalized spacial score (nSPS) is 15.3. The highest BCUT2D eigenvalue weighted by atomic mass is 19.4. The summed E-state index contributed by atoms with van der Waals surface area (Å²) in [6, 6.07) is 6.15. The van der Waals surface area contributed by atoms with Crippen LogP contribution in [0.25, 0.3) is 33.5 Å². The number of oxazole rings is 1. The zero-order chi connectivity index (χ0) is 24.7. The summed E-state index contributed by atoms with van der Waals surface area (Å²) in [6.07, 6.45) is -1.20. The van der Waals surface area contributed by atoms with Crippen molar-refractivity contribution in [2.45, 2.75) is 32.0 Å². The third-order valence-electron chi connectivity index (χ3n) is 5.95. The Bertz CT molecular complexity index is 1410. The molecule has 0 atom stereocenters. The number of ether oxygens (including phenoxy) is 1. The number of nitrogens with one attached hydrogen (secondary N) is 1. The summed E-state index contributed by atoms with van der Waals surface area (Å²) >= 11 is 0. The second-order valence-corrected chi connectivity index (χ2v) is 8.51. The predicted molar refractivity (Wildman–Crippen MR) is 124 cm³/mol. The van der Waals surface area contributed by atoms with E-state index in [0.717, 1.165) is 23.8 Å². The van der Waals surface area contributed by atoms with Gasteiger partial charge in [0.25, 0.3) is 6.01 Å². The Balaban J connectivity index is 0.000000806. The minimum atomic E-state index is -4.63. The zero-order valence-electron chi connectivity index (χ0n) is 18.6. The summed E-state index contributed by atoms with van der Waals surface area (Å²) in [5.41, 5.74) is 11.1. The smallest absolute Gasteiger partial charge is 0.420 e. The number of aromatic nitrogens is 3. The molecule has 0 saturated heterocycles. The molecule has 0 bridgehead atoms. The molecule has 2 aromatic carbocycles. The molecule has 1 amide bonds. The highest BCUT2D eigenvalue weighted by Crippen LogP contribution is 2.41. The van der Waals surface area contributed by atoms with E-state index in [-0.39, 0.29) is 23.5 Å². The van der Waals surface area contributed by atoms with Gasteiger partial charge >= 0.3 is 6.18 Å². The van der Waals surface area contributed by atoms with Crippen molar-refractivity contribution in [1.29, 1.82) is 0 Å². The Morgan fingerprint density at radius 3 is 2.66 bits per heavy atom. The maximum absolute atomic E-state index is 13.8. The second-order valence-electron chi connectivity index (χ2n) is 8.51. The molecule has 35 heavy (non-hydrogen) atoms. The van der Waals surface area contributed by atoms with E-state index in [4.69, 9.17) is 24.7 Å². The van der Waals surface area contributed by atoms with E-state index >= 15 is 0 Å². The minimum absolute atomic E-state index is 0.0454. The number of nitrogens with zero attached hydrogens (tertiary/aromatic N) is 3. The molecule has 1 saturated carbocycles. The van der Waals surface area contributed by atoms with Gasteiger partial charge in [0.15, 0.2) is 5.58 Å². The quantitative estimate of drug-likeness (QED) is 0.367. The lowest BCUT2D eigenvalue weighted by Crippen LogP contribution is -2.07. The van der Waals surface area contributed by atoms with Crippen molar-refractivity contribution in [3.8, 4) is 17.1 Å². The van der Waals surface area contributed by atoms with E-state index in [0.29, 0.717) is 48.1 Å². The first kappa shape index (κ1) is 22.8. The number of hydrogen-bond donors (Lipinski definition) is 3. The number of rotatable bonds is 4. The number of carbonyl (C=O) groups excluding carboxylic acids is 1. The number of imidazole rings is 1. The molecule has 9 nitrogen and oxygen atoms in total. The fraction of sp³-hybridized carbons (Fsp3) is 0.348. The van der Waals surface area contributed by atoms with E-state index in [1.165, 1.54) is 18.9 Å². The number of carbonyl (C=O) groups is 1. The summed E-state index contributed by atoms with van der Waals surface area (Å²) in [4.78, 5) is 17.2. The first-order chi connectivity index (χ1) is 16.8. The Morgan fingerprint density at radius 1 is 1.17 bits per heavy atom. The third kappa shape index (κ3) is 4.43. The maximum atomic E-state index is 13.8. The first-order valence-electron chi connectivity index (χ1n) is 11.1. The highest BCUT2D eigenvalue weighted by molar-refractivity contribution is 5.91. The lowest BCUT2D eigenvalue weighted by Gasteiger charge is -2.11. The maximum Gasteiger partial charge on any atom is 0.420 e. The summed E-state index contributed by atoms with van der Waals surface area (Å²) in [6.45, 7) is 1.99. The fourth-order valence-corrected chi connectivity index (χ4v) is 4.26. The minimum Gasteiger partial charge on any atom is -0.491 e. The number of fused-ring (bicyclic) bond motifs is 1. The van der Waals surface area contributed by atoms with E-state index in [1.807, 2.05) is 16.7 Å². The standard InChI is InChI=1S/C22H20F3N5O2.CH3NO/c23-22(24,25)14-6-12(7-16-19(14)32-21(26)29-16)20-28-15-8-13(27-10-11-2-3-11)9-17-18(15)30(20)4-1-5-31-17;2-1-3/h6-9,11,27H,1-5,10H2,(H2,26,29);1H,(H2,2,3). The summed E-state index contributed by atoms with van der Waals surface area (Å²) in [5, 5.41) is 3.43. The molecule has 1 aliphatic heterocycles. The van der Waals surface area contributed by atoms with Gasteiger partial charge < -0.3 is 30.5 Å². The van der Waals surface area contributed by atoms with Gasteiger partial charge in [0.05, 0.1) is 12.1 Å². The number of alkyl halides is 3. The third-order valence-corrected chi connectivity index (χ3v) is 5.95. The van der Waals surface area contributed by atoms with Gasteiger partial charge in [-0.25, -0.2) is 4.98 Å². The van der Waals surface area contributed by atoms with Gasteiger partial charge in [0.2, 0.25) is 6.41 Å². The number of amides is 1. The molecule has 5 N–H and O–H groups in total. The Labute approximate surface area is 197 Å². The van der Waals surface area contributed by atoms with Crippen molar-refractivity contribution in [1.82, 2.24) is 14.5 Å². The van der Waals surface area contributed by atoms with Crippen molar-refractivity contribution >= 4 is 40.2 Å². The van der Waals surface area contributed by atoms with Crippen LogP contribution in [0.2, 0.25) is 0 Å². The van der Waals surface area contributed by atoms with Crippen molar-refractivity contribution in [2.75, 3.05) is 24.2 Å². The average molecular weight is 488 g/mol. The molecule has 6 rings (SSSR count). The van der Waals surface area contributed by atoms with E-state index in [1.54, 1.807) is 0 Å². The van der Waals surface area contributed by atoms with Crippen LogP contribution in [0.4, 0.5) is 24.9 Å². The molecule has 1 aliphatic carbocycles. The van der Waals surface area contributed by atoms with E-state index in [2.05, 4.69) is 16.0 Å². The average Bonchev–Trinajstić information content (AvgIpc) is 3.49. The SMILES string of the molecule is NC=O.Nc1nc2cc(-c3nc4cc(NCC5CC5)cc5c4n3CCCO5)cc(C(F)(F)F)c2o1. The van der Waals surface area contributed by atoms with Gasteiger partial charge in [-0.1, -0.05) is 0 Å². The number of halogens is 3. The number of aryl methyl sites for hydroxylation is 1. The Kier molecular flexibility index (Phi) is 5.65. The van der Waals surface area contributed by atoms with Gasteiger partial charge in [-0.05, 0) is 43.4 Å². The van der Waals surface area contributed by atoms with Crippen LogP contribution in [0.15, 0.2) is 28.7 Å². The van der Waals surface area contributed by atoms with Gasteiger partial charge in [-0.2, -0.15) is 18.2 Å². The Morgan fingerprint density at radius 2 is 1.94 bits per heavy atom. The van der Waals surface area contributed by atoms with Crippen molar-refractivity contribution in [2.24, 2.45) is 11.7 Å². The molecule has 184 valence electrons. The molecule has 1 fully saturated rings. The van der Waals surface area contributed by atoms with Crippen molar-refractivity contribution < 1.29 is 27.1 Å². The topological polar surface area (TPSA) is 134 Å². The summed E-state index contributed by atoms with van der Waals surface area (Å²) in [7, 11) is 0. The van der Waals surface area contributed by atoms with Crippen molar-refractivity contribution in [3.05, 3.63) is 29.8 Å². The van der Waals surface area contributed by atoms with Crippen LogP contribution < -0.4 is 21.5 Å². The monoisotopic (exact) mass is 488 g/mol. The molecule has 2 aliphatic rings.